The van der Waals surface area contributed by atoms with Gasteiger partial charge in [0.05, 0.1) is 13.2 Å². The molecule has 1 atom stereocenters. The van der Waals surface area contributed by atoms with Crippen molar-refractivity contribution in [3.63, 3.8) is 0 Å². The van der Waals surface area contributed by atoms with E-state index in [0.717, 1.165) is 19.7 Å². The molecule has 1 amide bonds. The van der Waals surface area contributed by atoms with Crippen LogP contribution in [0.4, 0.5) is 0 Å². The highest BCUT2D eigenvalue weighted by molar-refractivity contribution is 5.78. The van der Waals surface area contributed by atoms with Crippen molar-refractivity contribution in [1.82, 2.24) is 4.90 Å². The third-order valence-electron chi connectivity index (χ3n) is 4.56. The second kappa shape index (κ2) is 5.36. The van der Waals surface area contributed by atoms with Crippen LogP contribution in [0.5, 0.6) is 0 Å². The van der Waals surface area contributed by atoms with Crippen molar-refractivity contribution in [1.29, 1.82) is 0 Å². The van der Waals surface area contributed by atoms with Crippen molar-refractivity contribution in [2.75, 3.05) is 33.4 Å². The highest BCUT2D eigenvalue weighted by Crippen LogP contribution is 2.47. The van der Waals surface area contributed by atoms with E-state index in [4.69, 9.17) is 10.5 Å². The lowest BCUT2D eigenvalue weighted by Crippen LogP contribution is -2.37. The second-order valence-electron chi connectivity index (χ2n) is 5.55. The van der Waals surface area contributed by atoms with Crippen LogP contribution in [-0.4, -0.2) is 44.2 Å². The number of likely N-dealkylation sites (tertiary alicyclic amines) is 1. The van der Waals surface area contributed by atoms with Crippen LogP contribution < -0.4 is 5.73 Å². The molecule has 17 heavy (non-hydrogen) atoms. The third kappa shape index (κ3) is 2.47. The monoisotopic (exact) mass is 240 g/mol. The van der Waals surface area contributed by atoms with Gasteiger partial charge in [-0.1, -0.05) is 19.3 Å². The Labute approximate surface area is 103 Å². The van der Waals surface area contributed by atoms with Gasteiger partial charge in [0.2, 0.25) is 5.91 Å². The van der Waals surface area contributed by atoms with Crippen molar-refractivity contribution in [2.24, 2.45) is 17.1 Å². The number of nitrogens with zero attached hydrogens (tertiary/aromatic N) is 1. The van der Waals surface area contributed by atoms with Gasteiger partial charge in [-0.2, -0.15) is 0 Å². The van der Waals surface area contributed by atoms with Crippen molar-refractivity contribution < 1.29 is 9.53 Å². The summed E-state index contributed by atoms with van der Waals surface area (Å²) in [5, 5.41) is 0. The van der Waals surface area contributed by atoms with Crippen LogP contribution in [-0.2, 0) is 9.53 Å². The smallest absolute Gasteiger partial charge is 0.236 e. The summed E-state index contributed by atoms with van der Waals surface area (Å²) in [7, 11) is 1.75. The summed E-state index contributed by atoms with van der Waals surface area (Å²) in [4.78, 5) is 13.7. The summed E-state index contributed by atoms with van der Waals surface area (Å²) in [6.07, 6.45) is 6.42. The summed E-state index contributed by atoms with van der Waals surface area (Å²) >= 11 is 0. The number of carbonyl (C=O) groups is 1. The molecule has 1 saturated carbocycles. The molecular formula is C13H24N2O2. The number of methoxy groups -OCH3 is 1. The molecule has 4 heteroatoms. The summed E-state index contributed by atoms with van der Waals surface area (Å²) in [5.74, 6) is 0.594. The van der Waals surface area contributed by atoms with Crippen LogP contribution in [0.3, 0.4) is 0 Å². The molecule has 2 N–H and O–H groups in total. The van der Waals surface area contributed by atoms with Crippen molar-refractivity contribution in [3.05, 3.63) is 0 Å². The normalized spacial score (nSPS) is 27.6. The molecule has 1 unspecified atom stereocenters. The number of nitrogens with two attached hydrogens (primary N) is 1. The molecule has 1 aliphatic carbocycles. The van der Waals surface area contributed by atoms with Gasteiger partial charge in [-0.3, -0.25) is 4.79 Å². The maximum absolute atomic E-state index is 11.7. The lowest BCUT2D eigenvalue weighted by molar-refractivity contribution is -0.129. The molecule has 2 fully saturated rings. The minimum Gasteiger partial charge on any atom is -0.384 e. The molecule has 0 aromatic rings. The predicted molar refractivity (Wildman–Crippen MR) is 66.5 cm³/mol. The van der Waals surface area contributed by atoms with E-state index in [2.05, 4.69) is 0 Å². The van der Waals surface area contributed by atoms with Gasteiger partial charge in [0.15, 0.2) is 0 Å². The van der Waals surface area contributed by atoms with E-state index in [0.29, 0.717) is 11.3 Å². The molecule has 2 rings (SSSR count). The topological polar surface area (TPSA) is 55.6 Å². The Balaban J connectivity index is 2.09. The predicted octanol–water partition coefficient (Wildman–Crippen LogP) is 1.00. The van der Waals surface area contributed by atoms with E-state index in [-0.39, 0.29) is 12.5 Å². The Morgan fingerprint density at radius 2 is 2.12 bits per heavy atom. The lowest BCUT2D eigenvalue weighted by atomic mass is 9.68. The zero-order valence-corrected chi connectivity index (χ0v) is 10.8. The summed E-state index contributed by atoms with van der Waals surface area (Å²) in [6, 6.07) is 0. The third-order valence-corrected chi connectivity index (χ3v) is 4.56. The molecule has 4 nitrogen and oxygen atoms in total. The average Bonchev–Trinajstić information content (AvgIpc) is 2.69. The Kier molecular flexibility index (Phi) is 4.05. The van der Waals surface area contributed by atoms with Crippen LogP contribution in [0.2, 0.25) is 0 Å². The largest absolute Gasteiger partial charge is 0.384 e. The van der Waals surface area contributed by atoms with Crippen LogP contribution in [0.15, 0.2) is 0 Å². The quantitative estimate of drug-likeness (QED) is 0.800. The van der Waals surface area contributed by atoms with E-state index in [1.165, 1.54) is 32.1 Å². The molecule has 0 aromatic carbocycles. The SMILES string of the molecule is COCC1CN(C(=O)CN)CC12CCCCC2. The highest BCUT2D eigenvalue weighted by Gasteiger charge is 2.47. The van der Waals surface area contributed by atoms with Gasteiger partial charge >= 0.3 is 0 Å². The zero-order chi connectivity index (χ0) is 12.3. The van der Waals surface area contributed by atoms with Crippen LogP contribution in [0, 0.1) is 11.3 Å². The first-order valence-corrected chi connectivity index (χ1v) is 6.68. The minimum atomic E-state index is 0.0913. The van der Waals surface area contributed by atoms with E-state index in [1.54, 1.807) is 7.11 Å². The molecule has 0 radical (unpaired) electrons. The Bertz CT molecular complexity index is 275. The average molecular weight is 240 g/mol. The Hall–Kier alpha value is -0.610. The number of carbonyl (C=O) groups excluding carboxylic acids is 1. The Morgan fingerprint density at radius 1 is 1.41 bits per heavy atom. The van der Waals surface area contributed by atoms with Crippen LogP contribution >= 0.6 is 0 Å². The maximum atomic E-state index is 11.7. The van der Waals surface area contributed by atoms with Crippen LogP contribution in [0.25, 0.3) is 0 Å². The summed E-state index contributed by atoms with van der Waals surface area (Å²) < 4.78 is 5.35. The Morgan fingerprint density at radius 3 is 2.71 bits per heavy atom. The molecule has 1 aliphatic heterocycles. The van der Waals surface area contributed by atoms with Gasteiger partial charge in [-0.15, -0.1) is 0 Å². The zero-order valence-electron chi connectivity index (χ0n) is 10.8. The van der Waals surface area contributed by atoms with E-state index < -0.39 is 0 Å². The van der Waals surface area contributed by atoms with E-state index >= 15 is 0 Å². The summed E-state index contributed by atoms with van der Waals surface area (Å²) in [5.41, 5.74) is 5.79. The van der Waals surface area contributed by atoms with Crippen LogP contribution in [0.1, 0.15) is 32.1 Å². The molecule has 98 valence electrons. The van der Waals surface area contributed by atoms with Gasteiger partial charge in [0, 0.05) is 26.1 Å². The molecular weight excluding hydrogens is 216 g/mol. The van der Waals surface area contributed by atoms with Crippen molar-refractivity contribution in [3.8, 4) is 0 Å². The minimum absolute atomic E-state index is 0.0913. The fourth-order valence-corrected chi connectivity index (χ4v) is 3.61. The van der Waals surface area contributed by atoms with Gasteiger partial charge in [0.1, 0.15) is 0 Å². The first-order valence-electron chi connectivity index (χ1n) is 6.68. The van der Waals surface area contributed by atoms with Gasteiger partial charge in [-0.25, -0.2) is 0 Å². The molecule has 0 bridgehead atoms. The van der Waals surface area contributed by atoms with Crippen molar-refractivity contribution in [2.45, 2.75) is 32.1 Å². The fourth-order valence-electron chi connectivity index (χ4n) is 3.61. The van der Waals surface area contributed by atoms with Gasteiger partial charge in [-0.05, 0) is 18.3 Å². The standard InChI is InChI=1S/C13H24N2O2/c1-17-9-11-8-15(12(16)7-14)10-13(11)5-3-2-4-6-13/h11H,2-10,14H2,1H3. The molecule has 1 spiro atoms. The number of hydrogen-bond acceptors (Lipinski definition) is 3. The van der Waals surface area contributed by atoms with Crippen molar-refractivity contribution >= 4 is 5.91 Å². The molecule has 0 aromatic heterocycles. The molecule has 1 saturated heterocycles. The number of ether oxygens (including phenoxy) is 1. The number of rotatable bonds is 3. The first kappa shape index (κ1) is 12.8. The lowest BCUT2D eigenvalue weighted by Gasteiger charge is -2.37. The fraction of sp³-hybridized carbons (Fsp3) is 0.923. The van der Waals surface area contributed by atoms with E-state index in [9.17, 15) is 4.79 Å². The first-order chi connectivity index (χ1) is 8.22. The number of hydrogen-bond donors (Lipinski definition) is 1. The summed E-state index contributed by atoms with van der Waals surface area (Å²) in [6.45, 7) is 2.64. The number of amides is 1. The second-order valence-corrected chi connectivity index (χ2v) is 5.55. The van der Waals surface area contributed by atoms with Gasteiger partial charge < -0.3 is 15.4 Å². The maximum Gasteiger partial charge on any atom is 0.236 e. The molecule has 2 aliphatic rings. The molecule has 1 heterocycles. The van der Waals surface area contributed by atoms with Gasteiger partial charge in [0.25, 0.3) is 0 Å². The highest BCUT2D eigenvalue weighted by atomic mass is 16.5. The van der Waals surface area contributed by atoms with E-state index in [1.807, 2.05) is 4.90 Å².